The molecule has 0 radical (unpaired) electrons. The van der Waals surface area contributed by atoms with Crippen molar-refractivity contribution in [3.8, 4) is 16.9 Å². The Morgan fingerprint density at radius 2 is 1.17 bits per heavy atom. The molecule has 4 rings (SSSR count). The monoisotopic (exact) mass is 560 g/mol. The lowest BCUT2D eigenvalue weighted by atomic mass is 10.1. The lowest BCUT2D eigenvalue weighted by Gasteiger charge is -2.17. The van der Waals surface area contributed by atoms with Gasteiger partial charge in [0.25, 0.3) is 8.42 Å². The van der Waals surface area contributed by atoms with Gasteiger partial charge >= 0.3 is 0 Å². The van der Waals surface area contributed by atoms with Crippen molar-refractivity contribution in [3.05, 3.63) is 97.1 Å². The highest BCUT2D eigenvalue weighted by Crippen LogP contribution is 2.41. The van der Waals surface area contributed by atoms with E-state index in [4.69, 9.17) is 23.4 Å². The van der Waals surface area contributed by atoms with Crippen molar-refractivity contribution in [2.75, 3.05) is 6.61 Å². The number of hydrogen-bond acceptors (Lipinski definition) is 7. The molecule has 1 aromatic heterocycles. The summed E-state index contributed by atoms with van der Waals surface area (Å²) in [6.07, 6.45) is 2.23. The zero-order valence-electron chi connectivity index (χ0n) is 19.5. The summed E-state index contributed by atoms with van der Waals surface area (Å²) in [5.41, 5.74) is 2.44. The van der Waals surface area contributed by atoms with Crippen LogP contribution in [0, 0.1) is 10.2 Å². The van der Waals surface area contributed by atoms with E-state index in [2.05, 4.69) is 104 Å². The molecule has 4 aromatic rings. The van der Waals surface area contributed by atoms with Crippen molar-refractivity contribution in [2.45, 2.75) is 38.0 Å². The first-order valence-electron chi connectivity index (χ1n) is 11.1. The molecule has 0 spiro atoms. The van der Waals surface area contributed by atoms with Crippen molar-refractivity contribution in [1.82, 2.24) is 0 Å². The van der Waals surface area contributed by atoms with Crippen LogP contribution in [0.4, 0.5) is 0 Å². The standard InChI is InChI=1S/C27H25OS3.ClHO4/c1-2-3-18-28-23-16-14-21(15-17-23)22-19-26(29-24-10-6-4-7-11-24)31-27(20-22)30-25-12-8-5-9-13-25;2-1(3,4)5/h4-17,19-20H,2-3,18H2,1H3;(H,2,3,4,5)/q+1;/p-1. The molecule has 0 amide bonds. The van der Waals surface area contributed by atoms with Gasteiger partial charge in [0.05, 0.1) is 6.61 Å². The van der Waals surface area contributed by atoms with Crippen molar-refractivity contribution < 1.29 is 33.6 Å². The van der Waals surface area contributed by atoms with Crippen LogP contribution in [0.15, 0.2) is 115 Å². The molecule has 5 nitrogen and oxygen atoms in total. The molecule has 0 unspecified atom stereocenters. The quantitative estimate of drug-likeness (QED) is 0.220. The Morgan fingerprint density at radius 1 is 0.694 bits per heavy atom. The van der Waals surface area contributed by atoms with Crippen molar-refractivity contribution in [2.24, 2.45) is 0 Å². The van der Waals surface area contributed by atoms with Gasteiger partial charge < -0.3 is 4.74 Å². The molecule has 0 bridgehead atoms. The minimum atomic E-state index is -4.94. The fraction of sp³-hybridized carbons (Fsp3) is 0.148. The van der Waals surface area contributed by atoms with Crippen LogP contribution in [-0.4, -0.2) is 6.61 Å². The van der Waals surface area contributed by atoms with E-state index in [1.807, 2.05) is 34.9 Å². The largest absolute Gasteiger partial charge is 0.494 e. The number of hydrogen-bond donors (Lipinski definition) is 0. The van der Waals surface area contributed by atoms with Gasteiger partial charge in [0.15, 0.2) is 0 Å². The molecule has 0 N–H and O–H groups in total. The number of halogens is 1. The molecule has 3 aromatic carbocycles. The first-order valence-corrected chi connectivity index (χ1v) is 14.8. The molecule has 9 heteroatoms. The summed E-state index contributed by atoms with van der Waals surface area (Å²) >= 11 is 5.48. The van der Waals surface area contributed by atoms with Crippen molar-refractivity contribution >= 4 is 34.9 Å². The maximum atomic E-state index is 8.49. The molecule has 0 aliphatic rings. The second-order valence-corrected chi connectivity index (χ2v) is 12.0. The maximum absolute atomic E-state index is 8.49. The van der Waals surface area contributed by atoms with Gasteiger partial charge in [-0.25, -0.2) is 18.6 Å². The zero-order chi connectivity index (χ0) is 25.8. The lowest BCUT2D eigenvalue weighted by Crippen LogP contribution is -2.68. The Bertz CT molecular complexity index is 1120. The predicted molar refractivity (Wildman–Crippen MR) is 136 cm³/mol. The third-order valence-electron chi connectivity index (χ3n) is 4.63. The highest BCUT2D eigenvalue weighted by atomic mass is 35.7. The van der Waals surface area contributed by atoms with Crippen LogP contribution in [-0.2, 0) is 0 Å². The summed E-state index contributed by atoms with van der Waals surface area (Å²) in [7, 11) is -4.94. The lowest BCUT2D eigenvalue weighted by molar-refractivity contribution is -2.00. The van der Waals surface area contributed by atoms with Crippen LogP contribution in [0.1, 0.15) is 19.8 Å². The average Bonchev–Trinajstić information content (AvgIpc) is 2.85. The van der Waals surface area contributed by atoms with Crippen LogP contribution in [0.25, 0.3) is 11.1 Å². The summed E-state index contributed by atoms with van der Waals surface area (Å²) in [6.45, 7) is 2.96. The van der Waals surface area contributed by atoms with E-state index in [-0.39, 0.29) is 0 Å². The number of unbranched alkanes of at least 4 members (excludes halogenated alkanes) is 1. The second-order valence-electron chi connectivity index (χ2n) is 7.42. The Morgan fingerprint density at radius 3 is 1.61 bits per heavy atom. The van der Waals surface area contributed by atoms with Gasteiger partial charge in [0.2, 0.25) is 11.3 Å². The smallest absolute Gasteiger partial charge is 0.271 e. The van der Waals surface area contributed by atoms with Crippen LogP contribution in [0.2, 0.25) is 0 Å². The first-order chi connectivity index (χ1) is 17.3. The molecule has 0 fully saturated rings. The van der Waals surface area contributed by atoms with Gasteiger partial charge in [0.1, 0.15) is 5.75 Å². The minimum Gasteiger partial charge on any atom is -0.494 e. The summed E-state index contributed by atoms with van der Waals surface area (Å²) in [4.78, 5) is 2.51. The van der Waals surface area contributed by atoms with E-state index in [9.17, 15) is 0 Å². The molecular weight excluding hydrogens is 536 g/mol. The molecule has 1 heterocycles. The van der Waals surface area contributed by atoms with Crippen LogP contribution >= 0.6 is 34.9 Å². The van der Waals surface area contributed by atoms with E-state index in [1.165, 1.54) is 29.3 Å². The molecular formula is C27H25ClO5S3. The average molecular weight is 561 g/mol. The van der Waals surface area contributed by atoms with E-state index < -0.39 is 10.2 Å². The van der Waals surface area contributed by atoms with Gasteiger partial charge in [-0.1, -0.05) is 61.9 Å². The van der Waals surface area contributed by atoms with E-state index in [0.717, 1.165) is 25.2 Å². The number of ether oxygens (including phenoxy) is 1. The molecule has 0 saturated heterocycles. The fourth-order valence-corrected chi connectivity index (χ4v) is 6.61. The summed E-state index contributed by atoms with van der Waals surface area (Å²) in [6, 6.07) is 34.2. The van der Waals surface area contributed by atoms with Gasteiger partial charge in [0, 0.05) is 21.9 Å². The molecule has 0 aliphatic heterocycles. The van der Waals surface area contributed by atoms with E-state index in [0.29, 0.717) is 0 Å². The third kappa shape index (κ3) is 10.9. The van der Waals surface area contributed by atoms with E-state index in [1.54, 1.807) is 0 Å². The summed E-state index contributed by atoms with van der Waals surface area (Å²) in [5.74, 6) is 0.939. The van der Waals surface area contributed by atoms with Crippen molar-refractivity contribution in [1.29, 1.82) is 0 Å². The van der Waals surface area contributed by atoms with Gasteiger partial charge in [-0.05, 0) is 77.5 Å². The van der Waals surface area contributed by atoms with Crippen molar-refractivity contribution in [3.63, 3.8) is 0 Å². The first kappa shape index (κ1) is 28.4. The molecule has 0 saturated carbocycles. The van der Waals surface area contributed by atoms with Gasteiger partial charge in [-0.3, -0.25) is 0 Å². The number of rotatable bonds is 9. The second kappa shape index (κ2) is 14.6. The third-order valence-corrected chi connectivity index (χ3v) is 7.92. The van der Waals surface area contributed by atoms with Crippen LogP contribution in [0.5, 0.6) is 5.75 Å². The zero-order valence-corrected chi connectivity index (χ0v) is 22.7. The van der Waals surface area contributed by atoms with E-state index >= 15 is 0 Å². The predicted octanol–water partition coefficient (Wildman–Crippen LogP) is 4.42. The number of benzene rings is 3. The topological polar surface area (TPSA) is 101 Å². The highest BCUT2D eigenvalue weighted by Gasteiger charge is 2.18. The van der Waals surface area contributed by atoms with Gasteiger partial charge in [-0.15, -0.1) is 10.2 Å². The van der Waals surface area contributed by atoms with Crippen LogP contribution < -0.4 is 23.4 Å². The Kier molecular flexibility index (Phi) is 11.5. The maximum Gasteiger partial charge on any atom is 0.271 e. The summed E-state index contributed by atoms with van der Waals surface area (Å²) < 4.78 is 42.4. The Balaban J connectivity index is 0.000000658. The molecule has 36 heavy (non-hydrogen) atoms. The van der Waals surface area contributed by atoms with Gasteiger partial charge in [-0.2, -0.15) is 0 Å². The normalized spacial score (nSPS) is 10.9. The van der Waals surface area contributed by atoms with Crippen LogP contribution in [0.3, 0.4) is 0 Å². The fourth-order valence-electron chi connectivity index (χ4n) is 3.01. The SMILES string of the molecule is CCCCOc1ccc(-c2cc(Sc3ccccc3)[s+]c(Sc3ccccc3)c2)cc1.[O-][Cl+3]([O-])([O-])[O-]. The molecule has 0 aliphatic carbocycles. The summed E-state index contributed by atoms with van der Waals surface area (Å²) in [5, 5.41) is 0. The Labute approximate surface area is 226 Å². The minimum absolute atomic E-state index is 0.776. The Hall–Kier alpha value is -2.14. The highest BCUT2D eigenvalue weighted by molar-refractivity contribution is 8.03. The molecule has 0 atom stereocenters. The molecule has 188 valence electrons.